The summed E-state index contributed by atoms with van der Waals surface area (Å²) in [6.45, 7) is 9.58. The lowest BCUT2D eigenvalue weighted by atomic mass is 9.97. The molecule has 2 aromatic carbocycles. The number of carbonyl (C=O) groups excluding carboxylic acids is 1. The van der Waals surface area contributed by atoms with E-state index >= 15 is 0 Å². The summed E-state index contributed by atoms with van der Waals surface area (Å²) in [5, 5.41) is 5.99. The summed E-state index contributed by atoms with van der Waals surface area (Å²) in [6, 6.07) is 18.5. The molecule has 0 unspecified atom stereocenters. The number of ether oxygens (including phenoxy) is 2. The van der Waals surface area contributed by atoms with Gasteiger partial charge >= 0.3 is 5.97 Å². The Kier molecular flexibility index (Phi) is 7.33. The van der Waals surface area contributed by atoms with Crippen LogP contribution in [-0.4, -0.2) is 67.7 Å². The van der Waals surface area contributed by atoms with Crippen LogP contribution < -0.4 is 9.80 Å². The summed E-state index contributed by atoms with van der Waals surface area (Å²) in [5.41, 5.74) is 6.87. The second-order valence-electron chi connectivity index (χ2n) is 9.99. The topological polar surface area (TPSA) is 72.7 Å². The van der Waals surface area contributed by atoms with Gasteiger partial charge in [0.15, 0.2) is 11.3 Å². The zero-order valence-corrected chi connectivity index (χ0v) is 22.8. The van der Waals surface area contributed by atoms with Crippen LogP contribution in [0.3, 0.4) is 0 Å². The van der Waals surface area contributed by atoms with Gasteiger partial charge in [0.1, 0.15) is 0 Å². The zero-order valence-electron chi connectivity index (χ0n) is 22.8. The van der Waals surface area contributed by atoms with Gasteiger partial charge in [-0.1, -0.05) is 32.0 Å². The number of esters is 1. The molecule has 5 rings (SSSR count). The number of pyridine rings is 1. The zero-order chi connectivity index (χ0) is 26.8. The van der Waals surface area contributed by atoms with Gasteiger partial charge in [-0.15, -0.1) is 0 Å². The van der Waals surface area contributed by atoms with Crippen LogP contribution in [0.1, 0.15) is 42.9 Å². The van der Waals surface area contributed by atoms with E-state index in [9.17, 15) is 4.79 Å². The molecule has 1 saturated heterocycles. The average Bonchev–Trinajstić information content (AvgIpc) is 3.33. The number of aromatic nitrogens is 3. The Balaban J connectivity index is 1.72. The minimum Gasteiger partial charge on any atom is -0.461 e. The Bertz CT molecular complexity index is 1440. The minimum atomic E-state index is -0.443. The molecule has 8 heteroatoms. The van der Waals surface area contributed by atoms with E-state index in [1.807, 2.05) is 37.0 Å². The van der Waals surface area contributed by atoms with Crippen molar-refractivity contribution in [2.45, 2.75) is 26.7 Å². The van der Waals surface area contributed by atoms with Crippen LogP contribution in [0.2, 0.25) is 0 Å². The molecule has 0 radical (unpaired) electrons. The summed E-state index contributed by atoms with van der Waals surface area (Å²) < 4.78 is 12.7. The lowest BCUT2D eigenvalue weighted by molar-refractivity contribution is 0.0520. The van der Waals surface area contributed by atoms with Crippen molar-refractivity contribution in [1.29, 1.82) is 0 Å². The number of hydrogen-bond donors (Lipinski definition) is 0. The molecular weight excluding hydrogens is 478 g/mol. The Hall–Kier alpha value is -3.91. The van der Waals surface area contributed by atoms with Gasteiger partial charge in [0.05, 0.1) is 36.6 Å². The SMILES string of the molecule is CCOC(=O)c1cc(-c2ccc(N3CCOCC3)cc2)c2c(C(C)C)nn(-c3cccc(N(C)C)c3)c2n1. The van der Waals surface area contributed by atoms with E-state index in [0.29, 0.717) is 5.65 Å². The van der Waals surface area contributed by atoms with Gasteiger partial charge in [0, 0.05) is 38.6 Å². The largest absolute Gasteiger partial charge is 0.461 e. The Morgan fingerprint density at radius 2 is 1.79 bits per heavy atom. The summed E-state index contributed by atoms with van der Waals surface area (Å²) in [4.78, 5) is 22.1. The second-order valence-corrected chi connectivity index (χ2v) is 9.99. The van der Waals surface area contributed by atoms with Crippen molar-refractivity contribution in [3.8, 4) is 16.8 Å². The van der Waals surface area contributed by atoms with Gasteiger partial charge in [-0.25, -0.2) is 14.5 Å². The van der Waals surface area contributed by atoms with Crippen LogP contribution in [0.15, 0.2) is 54.6 Å². The molecule has 0 atom stereocenters. The lowest BCUT2D eigenvalue weighted by Gasteiger charge is -2.29. The number of rotatable bonds is 7. The van der Waals surface area contributed by atoms with Crippen molar-refractivity contribution in [3.63, 3.8) is 0 Å². The van der Waals surface area contributed by atoms with Crippen LogP contribution in [0.25, 0.3) is 27.8 Å². The summed E-state index contributed by atoms with van der Waals surface area (Å²) in [5.74, 6) is -0.293. The predicted molar refractivity (Wildman–Crippen MR) is 152 cm³/mol. The fourth-order valence-corrected chi connectivity index (χ4v) is 4.84. The Labute approximate surface area is 223 Å². The third-order valence-corrected chi connectivity index (χ3v) is 6.84. The van der Waals surface area contributed by atoms with Gasteiger partial charge < -0.3 is 19.3 Å². The van der Waals surface area contributed by atoms with Gasteiger partial charge in [0.25, 0.3) is 0 Å². The molecule has 0 aliphatic carbocycles. The molecule has 1 aliphatic rings. The van der Waals surface area contributed by atoms with E-state index < -0.39 is 5.97 Å². The van der Waals surface area contributed by atoms with Crippen LogP contribution in [0.5, 0.6) is 0 Å². The quantitative estimate of drug-likeness (QED) is 0.311. The van der Waals surface area contributed by atoms with Crippen molar-refractivity contribution < 1.29 is 14.3 Å². The fraction of sp³-hybridized carbons (Fsp3) is 0.367. The molecule has 1 fully saturated rings. The van der Waals surface area contributed by atoms with E-state index in [0.717, 1.165) is 65.6 Å². The first kappa shape index (κ1) is 25.7. The smallest absolute Gasteiger partial charge is 0.357 e. The molecule has 0 bridgehead atoms. The number of fused-ring (bicyclic) bond motifs is 1. The predicted octanol–water partition coefficient (Wildman–Crippen LogP) is 5.29. The number of morpholine rings is 1. The standard InChI is InChI=1S/C30H35N5O3/c1-6-38-30(36)26-19-25(21-10-12-22(13-11-21)34-14-16-37-17-15-34)27-28(20(2)3)32-35(29(27)31-26)24-9-7-8-23(18-24)33(4)5/h7-13,18-20H,6,14-17H2,1-5H3. The minimum absolute atomic E-state index is 0.150. The molecule has 0 N–H and O–H groups in total. The number of carbonyl (C=O) groups is 1. The lowest BCUT2D eigenvalue weighted by Crippen LogP contribution is -2.36. The van der Waals surface area contributed by atoms with E-state index in [1.54, 1.807) is 6.92 Å². The molecule has 1 aliphatic heterocycles. The summed E-state index contributed by atoms with van der Waals surface area (Å²) in [7, 11) is 4.02. The van der Waals surface area contributed by atoms with Crippen LogP contribution in [0, 0.1) is 0 Å². The highest BCUT2D eigenvalue weighted by Gasteiger charge is 2.24. The molecule has 2 aromatic heterocycles. The van der Waals surface area contributed by atoms with Gasteiger partial charge in [-0.2, -0.15) is 5.10 Å². The molecule has 0 amide bonds. The first-order chi connectivity index (χ1) is 18.4. The van der Waals surface area contributed by atoms with Crippen LogP contribution >= 0.6 is 0 Å². The first-order valence-electron chi connectivity index (χ1n) is 13.2. The summed E-state index contributed by atoms with van der Waals surface area (Å²) >= 11 is 0. The van der Waals surface area contributed by atoms with Crippen LogP contribution in [-0.2, 0) is 9.47 Å². The molecule has 38 heavy (non-hydrogen) atoms. The fourth-order valence-electron chi connectivity index (χ4n) is 4.84. The maximum atomic E-state index is 12.9. The molecule has 0 spiro atoms. The first-order valence-corrected chi connectivity index (χ1v) is 13.2. The highest BCUT2D eigenvalue weighted by Crippen LogP contribution is 2.36. The normalized spacial score (nSPS) is 13.8. The van der Waals surface area contributed by atoms with E-state index in [-0.39, 0.29) is 18.2 Å². The average molecular weight is 514 g/mol. The van der Waals surface area contributed by atoms with Gasteiger partial charge in [-0.05, 0) is 60.4 Å². The van der Waals surface area contributed by atoms with E-state index in [2.05, 4.69) is 60.0 Å². The molecule has 198 valence electrons. The Morgan fingerprint density at radius 1 is 1.05 bits per heavy atom. The second kappa shape index (κ2) is 10.8. The number of anilines is 2. The van der Waals surface area contributed by atoms with Crippen molar-refractivity contribution in [1.82, 2.24) is 14.8 Å². The molecular formula is C30H35N5O3. The van der Waals surface area contributed by atoms with E-state index in [4.69, 9.17) is 19.6 Å². The molecule has 4 aromatic rings. The maximum absolute atomic E-state index is 12.9. The molecule has 0 saturated carbocycles. The molecule has 3 heterocycles. The van der Waals surface area contributed by atoms with Crippen molar-refractivity contribution in [2.24, 2.45) is 0 Å². The molecule has 8 nitrogen and oxygen atoms in total. The third-order valence-electron chi connectivity index (χ3n) is 6.84. The highest BCUT2D eigenvalue weighted by molar-refractivity contribution is 6.00. The third kappa shape index (κ3) is 4.96. The number of benzene rings is 2. The summed E-state index contributed by atoms with van der Waals surface area (Å²) in [6.07, 6.45) is 0. The van der Waals surface area contributed by atoms with Crippen LogP contribution in [0.4, 0.5) is 11.4 Å². The number of nitrogens with zero attached hydrogens (tertiary/aromatic N) is 5. The van der Waals surface area contributed by atoms with Crippen molar-refractivity contribution in [3.05, 3.63) is 66.0 Å². The van der Waals surface area contributed by atoms with Gasteiger partial charge in [-0.3, -0.25) is 0 Å². The van der Waals surface area contributed by atoms with Gasteiger partial charge in [0.2, 0.25) is 0 Å². The van der Waals surface area contributed by atoms with Crippen molar-refractivity contribution >= 4 is 28.4 Å². The van der Waals surface area contributed by atoms with Crippen molar-refractivity contribution in [2.75, 3.05) is 56.8 Å². The highest BCUT2D eigenvalue weighted by atomic mass is 16.5. The number of hydrogen-bond acceptors (Lipinski definition) is 7. The monoisotopic (exact) mass is 513 g/mol. The Morgan fingerprint density at radius 3 is 2.45 bits per heavy atom. The van der Waals surface area contributed by atoms with E-state index in [1.165, 1.54) is 0 Å². The maximum Gasteiger partial charge on any atom is 0.357 e.